The summed E-state index contributed by atoms with van der Waals surface area (Å²) in [4.78, 5) is 0. The molecule has 0 aromatic heterocycles. The van der Waals surface area contributed by atoms with Crippen LogP contribution in [0, 0.1) is 23.3 Å². The Hall–Kier alpha value is -1.40. The molecule has 0 aliphatic carbocycles. The van der Waals surface area contributed by atoms with Crippen molar-refractivity contribution >= 4 is 15.9 Å². The van der Waals surface area contributed by atoms with Crippen LogP contribution in [-0.2, 0) is 6.42 Å². The van der Waals surface area contributed by atoms with E-state index in [4.69, 9.17) is 0 Å². The van der Waals surface area contributed by atoms with Gasteiger partial charge in [-0.25, -0.2) is 17.6 Å². The van der Waals surface area contributed by atoms with Crippen molar-refractivity contribution in [3.8, 4) is 0 Å². The first kappa shape index (κ1) is 15.0. The molecule has 0 saturated carbocycles. The van der Waals surface area contributed by atoms with E-state index in [1.807, 2.05) is 0 Å². The number of rotatable bonds is 3. The molecule has 0 fully saturated rings. The Morgan fingerprint density at radius 3 is 2.20 bits per heavy atom. The minimum atomic E-state index is -1.47. The lowest BCUT2D eigenvalue weighted by molar-refractivity contribution is 0.171. The Labute approximate surface area is 121 Å². The van der Waals surface area contributed by atoms with Crippen LogP contribution in [0.15, 0.2) is 34.8 Å². The maximum Gasteiger partial charge on any atom is 0.161 e. The number of aliphatic hydroxyl groups is 1. The molecule has 20 heavy (non-hydrogen) atoms. The summed E-state index contributed by atoms with van der Waals surface area (Å²) in [5.41, 5.74) is -0.268. The molecule has 0 aliphatic heterocycles. The summed E-state index contributed by atoms with van der Waals surface area (Å²) in [6, 6.07) is 5.11. The molecule has 0 bridgehead atoms. The third-order valence-corrected chi connectivity index (χ3v) is 3.32. The van der Waals surface area contributed by atoms with Gasteiger partial charge in [0.15, 0.2) is 11.6 Å². The van der Waals surface area contributed by atoms with Crippen LogP contribution < -0.4 is 0 Å². The molecule has 0 radical (unpaired) electrons. The van der Waals surface area contributed by atoms with Gasteiger partial charge in [0.05, 0.1) is 6.10 Å². The van der Waals surface area contributed by atoms with E-state index in [1.165, 1.54) is 12.1 Å². The second-order valence-corrected chi connectivity index (χ2v) is 5.16. The highest BCUT2D eigenvalue weighted by Gasteiger charge is 2.18. The molecule has 2 aromatic rings. The van der Waals surface area contributed by atoms with E-state index in [0.29, 0.717) is 16.6 Å². The average molecular weight is 349 g/mol. The zero-order valence-corrected chi connectivity index (χ0v) is 11.6. The Morgan fingerprint density at radius 1 is 0.900 bits per heavy atom. The highest BCUT2D eigenvalue weighted by Crippen LogP contribution is 2.25. The third kappa shape index (κ3) is 3.19. The molecular weight excluding hydrogens is 340 g/mol. The first-order chi connectivity index (χ1) is 9.38. The second kappa shape index (κ2) is 5.93. The topological polar surface area (TPSA) is 20.2 Å². The Morgan fingerprint density at radius 2 is 1.55 bits per heavy atom. The van der Waals surface area contributed by atoms with Gasteiger partial charge < -0.3 is 5.11 Å². The Bertz CT molecular complexity index is 645. The highest BCUT2D eigenvalue weighted by molar-refractivity contribution is 9.10. The van der Waals surface area contributed by atoms with Gasteiger partial charge in [-0.3, -0.25) is 0 Å². The summed E-state index contributed by atoms with van der Waals surface area (Å²) in [5.74, 6) is -4.26. The summed E-state index contributed by atoms with van der Waals surface area (Å²) in [6.07, 6.45) is -1.72. The zero-order valence-electron chi connectivity index (χ0n) is 10.0. The molecule has 106 valence electrons. The minimum Gasteiger partial charge on any atom is -0.388 e. The third-order valence-electron chi connectivity index (χ3n) is 2.83. The fraction of sp³-hybridized carbons (Fsp3) is 0.143. The van der Waals surface area contributed by atoms with Crippen LogP contribution in [0.5, 0.6) is 0 Å². The van der Waals surface area contributed by atoms with Crippen molar-refractivity contribution in [2.45, 2.75) is 12.5 Å². The molecule has 1 unspecified atom stereocenters. The normalized spacial score (nSPS) is 12.5. The minimum absolute atomic E-state index is 0.143. The van der Waals surface area contributed by atoms with E-state index >= 15 is 0 Å². The van der Waals surface area contributed by atoms with Crippen LogP contribution in [0.1, 0.15) is 17.2 Å². The standard InChI is InChI=1S/C14H9BrF4O/c15-8-2-1-7(10(16)4-8)3-14(20)9-5-12(18)13(19)6-11(9)17/h1-2,4-6,14,20H,3H2. The summed E-state index contributed by atoms with van der Waals surface area (Å²) < 4.78 is 53.5. The van der Waals surface area contributed by atoms with Gasteiger partial charge in [-0.15, -0.1) is 0 Å². The summed E-state index contributed by atoms with van der Waals surface area (Å²) in [6.45, 7) is 0. The monoisotopic (exact) mass is 348 g/mol. The van der Waals surface area contributed by atoms with E-state index < -0.39 is 34.9 Å². The summed E-state index contributed by atoms with van der Waals surface area (Å²) in [5, 5.41) is 9.86. The van der Waals surface area contributed by atoms with Gasteiger partial charge in [0.1, 0.15) is 11.6 Å². The molecule has 2 aromatic carbocycles. The van der Waals surface area contributed by atoms with Crippen LogP contribution in [0.3, 0.4) is 0 Å². The first-order valence-corrected chi connectivity index (χ1v) is 6.44. The average Bonchev–Trinajstić information content (AvgIpc) is 2.37. The number of halogens is 5. The van der Waals surface area contributed by atoms with Crippen molar-refractivity contribution in [1.29, 1.82) is 0 Å². The molecule has 0 saturated heterocycles. The smallest absolute Gasteiger partial charge is 0.161 e. The SMILES string of the molecule is OC(Cc1ccc(Br)cc1F)c1cc(F)c(F)cc1F. The molecule has 2 rings (SSSR count). The molecule has 1 N–H and O–H groups in total. The molecule has 6 heteroatoms. The van der Waals surface area contributed by atoms with Gasteiger partial charge in [-0.1, -0.05) is 22.0 Å². The molecule has 0 amide bonds. The fourth-order valence-corrected chi connectivity index (χ4v) is 2.13. The Kier molecular flexibility index (Phi) is 4.45. The quantitative estimate of drug-likeness (QED) is 0.648. The van der Waals surface area contributed by atoms with Crippen LogP contribution in [0.25, 0.3) is 0 Å². The van der Waals surface area contributed by atoms with Crippen LogP contribution >= 0.6 is 15.9 Å². The zero-order chi connectivity index (χ0) is 14.9. The van der Waals surface area contributed by atoms with Crippen molar-refractivity contribution in [3.63, 3.8) is 0 Å². The van der Waals surface area contributed by atoms with Gasteiger partial charge in [-0.2, -0.15) is 0 Å². The molecular formula is C14H9BrF4O. The van der Waals surface area contributed by atoms with Crippen LogP contribution in [-0.4, -0.2) is 5.11 Å². The molecule has 1 nitrogen and oxygen atoms in total. The maximum atomic E-state index is 13.6. The predicted molar refractivity (Wildman–Crippen MR) is 69.1 cm³/mol. The molecule has 0 heterocycles. The fourth-order valence-electron chi connectivity index (χ4n) is 1.80. The lowest BCUT2D eigenvalue weighted by Gasteiger charge is -2.13. The van der Waals surface area contributed by atoms with Gasteiger partial charge in [0, 0.05) is 22.5 Å². The molecule has 1 atom stereocenters. The van der Waals surface area contributed by atoms with Crippen molar-refractivity contribution in [2.75, 3.05) is 0 Å². The van der Waals surface area contributed by atoms with Gasteiger partial charge in [-0.05, 0) is 23.8 Å². The number of aliphatic hydroxyl groups excluding tert-OH is 1. The van der Waals surface area contributed by atoms with Gasteiger partial charge >= 0.3 is 0 Å². The van der Waals surface area contributed by atoms with Crippen LogP contribution in [0.4, 0.5) is 17.6 Å². The first-order valence-electron chi connectivity index (χ1n) is 5.65. The lowest BCUT2D eigenvalue weighted by atomic mass is 10.0. The lowest BCUT2D eigenvalue weighted by Crippen LogP contribution is -2.07. The maximum absolute atomic E-state index is 13.6. The number of hydrogen-bond acceptors (Lipinski definition) is 1. The number of benzene rings is 2. The predicted octanol–water partition coefficient (Wildman–Crippen LogP) is 4.28. The van der Waals surface area contributed by atoms with E-state index in [1.54, 1.807) is 6.07 Å². The van der Waals surface area contributed by atoms with Crippen molar-refractivity contribution < 1.29 is 22.7 Å². The van der Waals surface area contributed by atoms with Crippen molar-refractivity contribution in [1.82, 2.24) is 0 Å². The number of hydrogen-bond donors (Lipinski definition) is 1. The van der Waals surface area contributed by atoms with E-state index in [2.05, 4.69) is 15.9 Å². The van der Waals surface area contributed by atoms with Crippen LogP contribution in [0.2, 0.25) is 0 Å². The highest BCUT2D eigenvalue weighted by atomic mass is 79.9. The second-order valence-electron chi connectivity index (χ2n) is 4.24. The largest absolute Gasteiger partial charge is 0.388 e. The van der Waals surface area contributed by atoms with E-state index in [0.717, 1.165) is 0 Å². The summed E-state index contributed by atoms with van der Waals surface area (Å²) in [7, 11) is 0. The Balaban J connectivity index is 2.28. The molecule has 0 spiro atoms. The molecule has 0 aliphatic rings. The summed E-state index contributed by atoms with van der Waals surface area (Å²) >= 11 is 3.08. The van der Waals surface area contributed by atoms with Crippen molar-refractivity contribution in [2.24, 2.45) is 0 Å². The van der Waals surface area contributed by atoms with Gasteiger partial charge in [0.25, 0.3) is 0 Å². The van der Waals surface area contributed by atoms with Gasteiger partial charge in [0.2, 0.25) is 0 Å². The van der Waals surface area contributed by atoms with E-state index in [9.17, 15) is 22.7 Å². The van der Waals surface area contributed by atoms with E-state index in [-0.39, 0.29) is 12.0 Å². The van der Waals surface area contributed by atoms with Crippen molar-refractivity contribution in [3.05, 3.63) is 69.2 Å².